The molecule has 0 fully saturated rings. The summed E-state index contributed by atoms with van der Waals surface area (Å²) in [7, 11) is 1.11. The molecule has 0 aliphatic heterocycles. The van der Waals surface area contributed by atoms with Gasteiger partial charge in [-0.3, -0.25) is 14.9 Å². The van der Waals surface area contributed by atoms with Gasteiger partial charge in [0.15, 0.2) is 0 Å². The third kappa shape index (κ3) is 3.51. The van der Waals surface area contributed by atoms with Gasteiger partial charge in [-0.1, -0.05) is 0 Å². The van der Waals surface area contributed by atoms with Crippen LogP contribution in [0.1, 0.15) is 22.8 Å². The second kappa shape index (κ2) is 6.00. The molecule has 0 heterocycles. The number of hydrogen-bond donors (Lipinski definition) is 1. The normalized spacial score (nSPS) is 12.6. The van der Waals surface area contributed by atoms with Gasteiger partial charge in [0.1, 0.15) is 11.6 Å². The number of nitro groups is 1. The lowest BCUT2D eigenvalue weighted by molar-refractivity contribution is -0.388. The van der Waals surface area contributed by atoms with E-state index in [1.54, 1.807) is 0 Å². The molecule has 0 unspecified atom stereocenters. The molecule has 0 saturated carbocycles. The Hall–Kier alpha value is -2.65. The van der Waals surface area contributed by atoms with Crippen molar-refractivity contribution >= 4 is 17.6 Å². The summed E-state index contributed by atoms with van der Waals surface area (Å²) in [6.45, 7) is 1.18. The van der Waals surface area contributed by atoms with Crippen molar-refractivity contribution in [3.63, 3.8) is 0 Å². The maximum Gasteiger partial charge on any atom is 0.423 e. The summed E-state index contributed by atoms with van der Waals surface area (Å²) in [6.07, 6.45) is -5.02. The van der Waals surface area contributed by atoms with Crippen LogP contribution < -0.4 is 0 Å². The van der Waals surface area contributed by atoms with Gasteiger partial charge >= 0.3 is 12.1 Å². The molecule has 1 aromatic carbocycles. The fourth-order valence-electron chi connectivity index (χ4n) is 1.60. The van der Waals surface area contributed by atoms with Crippen LogP contribution in [0.4, 0.5) is 18.9 Å². The van der Waals surface area contributed by atoms with Crippen LogP contribution in [0.15, 0.2) is 18.2 Å². The minimum absolute atomic E-state index is 0.339. The highest BCUT2D eigenvalue weighted by Crippen LogP contribution is 2.36. The van der Waals surface area contributed by atoms with Crippen LogP contribution in [0.2, 0.25) is 0 Å². The van der Waals surface area contributed by atoms with Crippen LogP contribution in [0.3, 0.4) is 0 Å². The molecule has 7 nitrogen and oxygen atoms in total. The number of nitrogens with zero attached hydrogens (tertiary/aromatic N) is 2. The fourth-order valence-corrected chi connectivity index (χ4v) is 1.60. The van der Waals surface area contributed by atoms with E-state index in [0.717, 1.165) is 18.0 Å². The fraction of sp³-hybridized carbons (Fsp3) is 0.333. The minimum Gasteiger partial charge on any atom is -0.480 e. The average molecular weight is 320 g/mol. The molecule has 22 heavy (non-hydrogen) atoms. The van der Waals surface area contributed by atoms with Crippen molar-refractivity contribution < 1.29 is 32.8 Å². The van der Waals surface area contributed by atoms with E-state index in [0.29, 0.717) is 12.1 Å². The molecular weight excluding hydrogens is 309 g/mol. The molecule has 0 radical (unpaired) electrons. The van der Waals surface area contributed by atoms with Gasteiger partial charge in [-0.05, 0) is 19.1 Å². The number of benzene rings is 1. The highest BCUT2D eigenvalue weighted by atomic mass is 19.4. The largest absolute Gasteiger partial charge is 0.480 e. The number of amides is 1. The number of carboxylic acids is 1. The van der Waals surface area contributed by atoms with E-state index in [-0.39, 0.29) is 0 Å². The Morgan fingerprint density at radius 3 is 2.32 bits per heavy atom. The molecule has 0 aliphatic rings. The zero-order valence-electron chi connectivity index (χ0n) is 11.4. The molecule has 0 aliphatic carbocycles. The molecule has 1 rings (SSSR count). The van der Waals surface area contributed by atoms with Crippen LogP contribution in [0.5, 0.6) is 0 Å². The van der Waals surface area contributed by atoms with E-state index in [1.807, 2.05) is 0 Å². The summed E-state index contributed by atoms with van der Waals surface area (Å²) < 4.78 is 38.4. The second-order valence-electron chi connectivity index (χ2n) is 4.42. The van der Waals surface area contributed by atoms with E-state index in [9.17, 15) is 32.9 Å². The first-order valence-electron chi connectivity index (χ1n) is 5.82. The van der Waals surface area contributed by atoms with E-state index < -0.39 is 45.8 Å². The van der Waals surface area contributed by atoms with Gasteiger partial charge in [0, 0.05) is 18.7 Å². The molecule has 10 heteroatoms. The maximum atomic E-state index is 12.8. The van der Waals surface area contributed by atoms with Crippen molar-refractivity contribution in [2.75, 3.05) is 7.05 Å². The van der Waals surface area contributed by atoms with Crippen LogP contribution >= 0.6 is 0 Å². The molecular formula is C12H11F3N2O5. The predicted octanol–water partition coefficient (Wildman–Crippen LogP) is 2.16. The van der Waals surface area contributed by atoms with Gasteiger partial charge in [0.2, 0.25) is 0 Å². The van der Waals surface area contributed by atoms with Gasteiger partial charge in [0.05, 0.1) is 4.92 Å². The Balaban J connectivity index is 3.31. The standard InChI is InChI=1S/C12H11F3N2O5/c1-6(11(19)20)16(2)10(18)7-3-4-9(17(21)22)8(5-7)12(13,14)15/h3-6H,1-2H3,(H,19,20)/t6-/m0/s1. The zero-order chi connectivity index (χ0) is 17.2. The van der Waals surface area contributed by atoms with E-state index in [4.69, 9.17) is 5.11 Å². The number of halogens is 3. The van der Waals surface area contributed by atoms with E-state index >= 15 is 0 Å². The Labute approximate surface area is 122 Å². The summed E-state index contributed by atoms with van der Waals surface area (Å²) in [4.78, 5) is 32.9. The van der Waals surface area contributed by atoms with Crippen LogP contribution in [0.25, 0.3) is 0 Å². The smallest absolute Gasteiger partial charge is 0.423 e. The highest BCUT2D eigenvalue weighted by molar-refractivity contribution is 5.96. The van der Waals surface area contributed by atoms with Gasteiger partial charge in [-0.25, -0.2) is 4.79 Å². The molecule has 0 spiro atoms. The van der Waals surface area contributed by atoms with Crippen molar-refractivity contribution in [2.45, 2.75) is 19.1 Å². The topological polar surface area (TPSA) is 101 Å². The Morgan fingerprint density at radius 1 is 1.36 bits per heavy atom. The maximum absolute atomic E-state index is 12.8. The molecule has 1 amide bonds. The third-order valence-corrected chi connectivity index (χ3v) is 3.00. The monoisotopic (exact) mass is 320 g/mol. The van der Waals surface area contributed by atoms with Crippen molar-refractivity contribution in [1.82, 2.24) is 4.90 Å². The molecule has 1 N–H and O–H groups in total. The quantitative estimate of drug-likeness (QED) is 0.676. The van der Waals surface area contributed by atoms with Crippen molar-refractivity contribution in [3.8, 4) is 0 Å². The Morgan fingerprint density at radius 2 is 1.91 bits per heavy atom. The number of rotatable bonds is 4. The van der Waals surface area contributed by atoms with Crippen molar-refractivity contribution in [3.05, 3.63) is 39.4 Å². The summed E-state index contributed by atoms with van der Waals surface area (Å²) in [5.74, 6) is -2.33. The predicted molar refractivity (Wildman–Crippen MR) is 67.3 cm³/mol. The molecule has 0 aromatic heterocycles. The average Bonchev–Trinajstić information content (AvgIpc) is 2.43. The van der Waals surface area contributed by atoms with Gasteiger partial charge < -0.3 is 10.0 Å². The SMILES string of the molecule is C[C@@H](C(=O)O)N(C)C(=O)c1ccc([N+](=O)[O-])c(C(F)(F)F)c1. The number of likely N-dealkylation sites (N-methyl/N-ethyl adjacent to an activating group) is 1. The second-order valence-corrected chi connectivity index (χ2v) is 4.42. The van der Waals surface area contributed by atoms with Gasteiger partial charge in [-0.2, -0.15) is 13.2 Å². The van der Waals surface area contributed by atoms with Crippen molar-refractivity contribution in [2.24, 2.45) is 0 Å². The highest BCUT2D eigenvalue weighted by Gasteiger charge is 2.39. The number of nitro benzene ring substituents is 1. The van der Waals surface area contributed by atoms with E-state index in [2.05, 4.69) is 0 Å². The first-order chi connectivity index (χ1) is 9.96. The van der Waals surface area contributed by atoms with Gasteiger partial charge in [0.25, 0.3) is 11.6 Å². The Bertz CT molecular complexity index is 630. The summed E-state index contributed by atoms with van der Waals surface area (Å²) in [6, 6.07) is 0.485. The molecule has 1 atom stereocenters. The number of carboxylic acid groups (broad SMARTS) is 1. The first kappa shape index (κ1) is 17.4. The van der Waals surface area contributed by atoms with E-state index in [1.165, 1.54) is 6.92 Å². The lowest BCUT2D eigenvalue weighted by Crippen LogP contribution is -2.40. The zero-order valence-corrected chi connectivity index (χ0v) is 11.4. The molecule has 0 bridgehead atoms. The first-order valence-corrected chi connectivity index (χ1v) is 5.82. The number of alkyl halides is 3. The van der Waals surface area contributed by atoms with Gasteiger partial charge in [-0.15, -0.1) is 0 Å². The van der Waals surface area contributed by atoms with Crippen LogP contribution in [-0.4, -0.2) is 39.9 Å². The number of hydrogen-bond acceptors (Lipinski definition) is 4. The van der Waals surface area contributed by atoms with Crippen LogP contribution in [-0.2, 0) is 11.0 Å². The number of carbonyl (C=O) groups is 2. The summed E-state index contributed by atoms with van der Waals surface area (Å²) in [5.41, 5.74) is -3.24. The molecule has 120 valence electrons. The third-order valence-electron chi connectivity index (χ3n) is 3.00. The lowest BCUT2D eigenvalue weighted by atomic mass is 10.1. The molecule has 0 saturated heterocycles. The molecule has 1 aromatic rings. The Kier molecular flexibility index (Phi) is 4.74. The van der Waals surface area contributed by atoms with Crippen LogP contribution in [0, 0.1) is 10.1 Å². The summed E-state index contributed by atoms with van der Waals surface area (Å²) in [5, 5.41) is 19.4. The number of carbonyl (C=O) groups excluding carboxylic acids is 1. The minimum atomic E-state index is -5.02. The number of aliphatic carboxylic acids is 1. The lowest BCUT2D eigenvalue weighted by Gasteiger charge is -2.21. The summed E-state index contributed by atoms with van der Waals surface area (Å²) >= 11 is 0. The van der Waals surface area contributed by atoms with Crippen molar-refractivity contribution in [1.29, 1.82) is 0 Å².